The van der Waals surface area contributed by atoms with Crippen LogP contribution in [-0.4, -0.2) is 23.2 Å². The molecule has 1 aromatic rings. The van der Waals surface area contributed by atoms with Crippen LogP contribution >= 0.6 is 23.2 Å². The summed E-state index contributed by atoms with van der Waals surface area (Å²) in [6.45, 7) is 7.86. The first kappa shape index (κ1) is 18.1. The molecule has 118 valence electrons. The summed E-state index contributed by atoms with van der Waals surface area (Å²) in [7, 11) is 0. The van der Waals surface area contributed by atoms with Crippen LogP contribution in [0.4, 0.5) is 0 Å². The highest BCUT2D eigenvalue weighted by molar-refractivity contribution is 6.37. The van der Waals surface area contributed by atoms with Crippen molar-refractivity contribution in [3.05, 3.63) is 27.7 Å². The molecule has 21 heavy (non-hydrogen) atoms. The minimum Gasteiger partial charge on any atom is -0.488 e. The number of hydrogen-bond acceptors (Lipinski definition) is 3. The second-order valence-electron chi connectivity index (χ2n) is 5.50. The van der Waals surface area contributed by atoms with Gasteiger partial charge < -0.3 is 15.2 Å². The summed E-state index contributed by atoms with van der Waals surface area (Å²) in [5, 5.41) is 13.0. The minimum atomic E-state index is -0.873. The first-order valence-electron chi connectivity index (χ1n) is 6.83. The van der Waals surface area contributed by atoms with Gasteiger partial charge in [0, 0.05) is 6.54 Å². The molecule has 0 aliphatic rings. The Kier molecular flexibility index (Phi) is 6.78. The van der Waals surface area contributed by atoms with Crippen LogP contribution in [0.5, 0.6) is 5.75 Å². The Hall–Kier alpha value is -0.970. The second kappa shape index (κ2) is 7.87. The molecule has 0 bridgehead atoms. The van der Waals surface area contributed by atoms with Crippen molar-refractivity contribution in [1.29, 1.82) is 0 Å². The van der Waals surface area contributed by atoms with Crippen molar-refractivity contribution in [2.75, 3.05) is 0 Å². The van der Waals surface area contributed by atoms with Gasteiger partial charge in [-0.15, -0.1) is 0 Å². The van der Waals surface area contributed by atoms with E-state index in [0.717, 1.165) is 5.56 Å². The molecule has 1 rings (SSSR count). The number of carbonyl (C=O) groups is 1. The molecule has 1 atom stereocenters. The maximum Gasteiger partial charge on any atom is 0.320 e. The third kappa shape index (κ3) is 5.38. The lowest BCUT2D eigenvalue weighted by Crippen LogP contribution is -2.40. The summed E-state index contributed by atoms with van der Waals surface area (Å²) in [6.07, 6.45) is -0.0266. The molecule has 0 heterocycles. The highest BCUT2D eigenvalue weighted by Crippen LogP contribution is 2.35. The molecule has 0 fully saturated rings. The smallest absolute Gasteiger partial charge is 0.320 e. The number of aliphatic carboxylic acids is 1. The molecule has 0 radical (unpaired) electrons. The minimum absolute atomic E-state index is 0.0167. The molecule has 0 aliphatic heterocycles. The van der Waals surface area contributed by atoms with Gasteiger partial charge in [-0.05, 0) is 37.5 Å². The van der Waals surface area contributed by atoms with E-state index in [1.807, 2.05) is 27.7 Å². The number of ether oxygens (including phenoxy) is 1. The number of hydrogen-bond donors (Lipinski definition) is 2. The molecule has 0 aliphatic carbocycles. The van der Waals surface area contributed by atoms with Gasteiger partial charge in [0.2, 0.25) is 0 Å². The van der Waals surface area contributed by atoms with Crippen molar-refractivity contribution in [1.82, 2.24) is 5.32 Å². The molecule has 2 N–H and O–H groups in total. The lowest BCUT2D eigenvalue weighted by molar-refractivity contribution is -0.140. The van der Waals surface area contributed by atoms with Gasteiger partial charge in [-0.2, -0.15) is 0 Å². The predicted molar refractivity (Wildman–Crippen MR) is 85.3 cm³/mol. The molecule has 1 aromatic carbocycles. The van der Waals surface area contributed by atoms with E-state index in [2.05, 4.69) is 5.32 Å². The monoisotopic (exact) mass is 333 g/mol. The van der Waals surface area contributed by atoms with E-state index >= 15 is 0 Å². The fraction of sp³-hybridized carbons (Fsp3) is 0.533. The molecule has 0 amide bonds. The standard InChI is InChI=1S/C15H21Cl2NO3/c1-8(2)13(15(19)20)18-7-10-5-11(16)14(12(17)6-10)21-9(3)4/h5-6,8-9,13,18H,7H2,1-4H3,(H,19,20). The van der Waals surface area contributed by atoms with E-state index in [0.29, 0.717) is 22.3 Å². The fourth-order valence-corrected chi connectivity index (χ4v) is 2.52. The Morgan fingerprint density at radius 2 is 1.76 bits per heavy atom. The van der Waals surface area contributed by atoms with Crippen molar-refractivity contribution < 1.29 is 14.6 Å². The van der Waals surface area contributed by atoms with Crippen LogP contribution in [0.2, 0.25) is 10.0 Å². The summed E-state index contributed by atoms with van der Waals surface area (Å²) in [6, 6.07) is 2.85. The third-order valence-electron chi connectivity index (χ3n) is 2.87. The number of rotatable bonds is 7. The average Bonchev–Trinajstić information content (AvgIpc) is 2.33. The molecular weight excluding hydrogens is 313 g/mol. The maximum atomic E-state index is 11.1. The van der Waals surface area contributed by atoms with Crippen LogP contribution in [0.1, 0.15) is 33.3 Å². The number of benzene rings is 1. The van der Waals surface area contributed by atoms with Gasteiger partial charge in [-0.1, -0.05) is 37.0 Å². The van der Waals surface area contributed by atoms with E-state index in [9.17, 15) is 4.79 Å². The summed E-state index contributed by atoms with van der Waals surface area (Å²) in [4.78, 5) is 11.1. The van der Waals surface area contributed by atoms with E-state index in [4.69, 9.17) is 33.0 Å². The van der Waals surface area contributed by atoms with E-state index in [1.165, 1.54) is 0 Å². The summed E-state index contributed by atoms with van der Waals surface area (Å²) in [5.41, 5.74) is 0.813. The van der Waals surface area contributed by atoms with Gasteiger partial charge in [-0.25, -0.2) is 0 Å². The van der Waals surface area contributed by atoms with Crippen LogP contribution in [0.3, 0.4) is 0 Å². The predicted octanol–water partition coefficient (Wildman–Crippen LogP) is 3.98. The van der Waals surface area contributed by atoms with Gasteiger partial charge in [0.15, 0.2) is 5.75 Å². The summed E-state index contributed by atoms with van der Waals surface area (Å²) in [5.74, 6) is -0.435. The Bertz CT molecular complexity index is 481. The van der Waals surface area contributed by atoms with E-state index in [1.54, 1.807) is 12.1 Å². The topological polar surface area (TPSA) is 58.6 Å². The zero-order chi connectivity index (χ0) is 16.2. The lowest BCUT2D eigenvalue weighted by atomic mass is 10.0. The van der Waals surface area contributed by atoms with Crippen molar-refractivity contribution in [3.63, 3.8) is 0 Å². The van der Waals surface area contributed by atoms with Gasteiger partial charge >= 0.3 is 5.97 Å². The number of halogens is 2. The zero-order valence-electron chi connectivity index (χ0n) is 12.6. The molecule has 0 aromatic heterocycles. The highest BCUT2D eigenvalue weighted by atomic mass is 35.5. The van der Waals surface area contributed by atoms with Crippen LogP contribution in [0.25, 0.3) is 0 Å². The lowest BCUT2D eigenvalue weighted by Gasteiger charge is -2.19. The SMILES string of the molecule is CC(C)Oc1c(Cl)cc(CNC(C(=O)O)C(C)C)cc1Cl. The van der Waals surface area contributed by atoms with Crippen LogP contribution in [0, 0.1) is 5.92 Å². The normalized spacial score (nSPS) is 12.8. The highest BCUT2D eigenvalue weighted by Gasteiger charge is 2.21. The Morgan fingerprint density at radius 3 is 2.14 bits per heavy atom. The van der Waals surface area contributed by atoms with Gasteiger partial charge in [0.1, 0.15) is 6.04 Å². The second-order valence-corrected chi connectivity index (χ2v) is 6.31. The quantitative estimate of drug-likeness (QED) is 0.792. The largest absolute Gasteiger partial charge is 0.488 e. The van der Waals surface area contributed by atoms with Crippen molar-refractivity contribution >= 4 is 29.2 Å². The van der Waals surface area contributed by atoms with Gasteiger partial charge in [0.05, 0.1) is 16.1 Å². The first-order chi connectivity index (χ1) is 9.72. The molecule has 1 unspecified atom stereocenters. The van der Waals surface area contributed by atoms with Crippen LogP contribution in [-0.2, 0) is 11.3 Å². The van der Waals surface area contributed by atoms with Crippen molar-refractivity contribution in [2.24, 2.45) is 5.92 Å². The molecule has 0 saturated heterocycles. The Morgan fingerprint density at radius 1 is 1.24 bits per heavy atom. The zero-order valence-corrected chi connectivity index (χ0v) is 14.1. The number of carboxylic acids is 1. The maximum absolute atomic E-state index is 11.1. The molecule has 0 spiro atoms. The van der Waals surface area contributed by atoms with Gasteiger partial charge in [-0.3, -0.25) is 4.79 Å². The third-order valence-corrected chi connectivity index (χ3v) is 3.43. The molecule has 6 heteroatoms. The summed E-state index contributed by atoms with van der Waals surface area (Å²) < 4.78 is 5.55. The average molecular weight is 334 g/mol. The molecule has 4 nitrogen and oxygen atoms in total. The van der Waals surface area contributed by atoms with Crippen LogP contribution < -0.4 is 10.1 Å². The first-order valence-corrected chi connectivity index (χ1v) is 7.58. The van der Waals surface area contributed by atoms with Crippen LogP contribution in [0.15, 0.2) is 12.1 Å². The number of nitrogens with one attached hydrogen (secondary N) is 1. The molecule has 0 saturated carbocycles. The number of carboxylic acid groups (broad SMARTS) is 1. The van der Waals surface area contributed by atoms with E-state index in [-0.39, 0.29) is 12.0 Å². The van der Waals surface area contributed by atoms with E-state index < -0.39 is 12.0 Å². The summed E-state index contributed by atoms with van der Waals surface area (Å²) >= 11 is 12.3. The van der Waals surface area contributed by atoms with Gasteiger partial charge in [0.25, 0.3) is 0 Å². The Labute approximate surface area is 135 Å². The van der Waals surface area contributed by atoms with Crippen molar-refractivity contribution in [2.45, 2.75) is 46.4 Å². The molecular formula is C15H21Cl2NO3. The Balaban J connectivity index is 2.84. The fourth-order valence-electron chi connectivity index (χ4n) is 1.90. The van der Waals surface area contributed by atoms with Crippen molar-refractivity contribution in [3.8, 4) is 5.75 Å².